The molecule has 0 N–H and O–H groups in total. The van der Waals surface area contributed by atoms with Gasteiger partial charge in [-0.3, -0.25) is 0 Å². The first-order valence-electron chi connectivity index (χ1n) is 4.78. The van der Waals surface area contributed by atoms with E-state index in [0.717, 1.165) is 11.4 Å². The van der Waals surface area contributed by atoms with Crippen LogP contribution in [0.5, 0.6) is 0 Å². The second kappa shape index (κ2) is 4.10. The molecular formula is C13H12N2. The lowest BCUT2D eigenvalue weighted by molar-refractivity contribution is 0.355. The van der Waals surface area contributed by atoms with E-state index >= 15 is 0 Å². The van der Waals surface area contributed by atoms with Crippen LogP contribution in [-0.4, -0.2) is 23.9 Å². The highest BCUT2D eigenvalue weighted by Crippen LogP contribution is 2.14. The normalized spacial score (nSPS) is 15.9. The molecule has 0 aliphatic heterocycles. The predicted molar refractivity (Wildman–Crippen MR) is 60.2 cm³/mol. The molecule has 15 heavy (non-hydrogen) atoms. The van der Waals surface area contributed by atoms with Crippen LogP contribution in [0.3, 0.4) is 0 Å². The molecule has 0 atom stereocenters. The second-order valence-corrected chi connectivity index (χ2v) is 3.33. The molecule has 0 aromatic heterocycles. The summed E-state index contributed by atoms with van der Waals surface area (Å²) in [6.45, 7) is 3.19. The zero-order chi connectivity index (χ0) is 10.7. The molecule has 0 aromatic carbocycles. The summed E-state index contributed by atoms with van der Waals surface area (Å²) in [5.74, 6) is 0. The van der Waals surface area contributed by atoms with E-state index in [0.29, 0.717) is 0 Å². The lowest BCUT2D eigenvalue weighted by Gasteiger charge is -2.23. The van der Waals surface area contributed by atoms with Gasteiger partial charge in [-0.05, 0) is 24.3 Å². The third kappa shape index (κ3) is 2.13. The van der Waals surface area contributed by atoms with Gasteiger partial charge in [0.25, 0.3) is 0 Å². The van der Waals surface area contributed by atoms with E-state index in [4.69, 9.17) is 0 Å². The quantitative estimate of drug-likeness (QED) is 0.501. The van der Waals surface area contributed by atoms with Gasteiger partial charge in [-0.1, -0.05) is 23.6 Å². The van der Waals surface area contributed by atoms with Crippen molar-refractivity contribution in [2.24, 2.45) is 0 Å². The van der Waals surface area contributed by atoms with E-state index in [-0.39, 0.29) is 0 Å². The van der Waals surface area contributed by atoms with E-state index in [1.807, 2.05) is 60.4 Å². The Balaban J connectivity index is 1.97. The maximum atomic E-state index is 3.19. The SMILES string of the molecule is CN([C]N(C)C1=C=CC=C1)C1=C=CC=C1. The minimum Gasteiger partial charge on any atom is -0.338 e. The van der Waals surface area contributed by atoms with Crippen LogP contribution < -0.4 is 0 Å². The summed E-state index contributed by atoms with van der Waals surface area (Å²) in [7, 11) is 3.90. The fourth-order valence-corrected chi connectivity index (χ4v) is 1.39. The topological polar surface area (TPSA) is 6.48 Å². The van der Waals surface area contributed by atoms with Crippen molar-refractivity contribution in [1.82, 2.24) is 9.80 Å². The van der Waals surface area contributed by atoms with E-state index in [9.17, 15) is 0 Å². The van der Waals surface area contributed by atoms with Crippen molar-refractivity contribution in [3.05, 3.63) is 66.0 Å². The average molecular weight is 196 g/mol. The maximum absolute atomic E-state index is 3.19. The number of hydrogen-bond donors (Lipinski definition) is 0. The highest BCUT2D eigenvalue weighted by Gasteiger charge is 2.10. The minimum atomic E-state index is 1.01. The van der Waals surface area contributed by atoms with Crippen LogP contribution in [0, 0.1) is 6.67 Å². The number of allylic oxidation sites excluding steroid dienone is 4. The van der Waals surface area contributed by atoms with E-state index in [1.165, 1.54) is 0 Å². The summed E-state index contributed by atoms with van der Waals surface area (Å²) in [5, 5.41) is 0. The van der Waals surface area contributed by atoms with Gasteiger partial charge in [0, 0.05) is 14.1 Å². The molecule has 0 amide bonds. The summed E-state index contributed by atoms with van der Waals surface area (Å²) in [6.07, 6.45) is 11.7. The van der Waals surface area contributed by atoms with Gasteiger partial charge in [-0.15, -0.1) is 0 Å². The van der Waals surface area contributed by atoms with E-state index in [1.54, 1.807) is 0 Å². The van der Waals surface area contributed by atoms with E-state index in [2.05, 4.69) is 18.1 Å². The first kappa shape index (κ1) is 9.67. The molecule has 0 bridgehead atoms. The highest BCUT2D eigenvalue weighted by molar-refractivity contribution is 5.30. The zero-order valence-corrected chi connectivity index (χ0v) is 8.86. The summed E-state index contributed by atoms with van der Waals surface area (Å²) >= 11 is 0. The van der Waals surface area contributed by atoms with Gasteiger partial charge >= 0.3 is 0 Å². The maximum Gasteiger partial charge on any atom is 0.209 e. The van der Waals surface area contributed by atoms with Crippen LogP contribution in [0.15, 0.2) is 59.3 Å². The molecule has 2 aliphatic carbocycles. The Kier molecular flexibility index (Phi) is 2.64. The first-order valence-corrected chi connectivity index (χ1v) is 4.78. The highest BCUT2D eigenvalue weighted by atomic mass is 15.3. The molecule has 2 heteroatoms. The van der Waals surface area contributed by atoms with Crippen LogP contribution in [-0.2, 0) is 0 Å². The molecule has 74 valence electrons. The smallest absolute Gasteiger partial charge is 0.209 e. The van der Waals surface area contributed by atoms with Gasteiger partial charge in [0.05, 0.1) is 11.4 Å². The molecule has 0 saturated carbocycles. The summed E-state index contributed by atoms with van der Waals surface area (Å²) in [5.41, 5.74) is 8.24. The molecule has 0 fully saturated rings. The summed E-state index contributed by atoms with van der Waals surface area (Å²) < 4.78 is 0. The van der Waals surface area contributed by atoms with Crippen LogP contribution in [0.1, 0.15) is 0 Å². The Morgan fingerprint density at radius 2 is 1.40 bits per heavy atom. The van der Waals surface area contributed by atoms with Crippen molar-refractivity contribution in [3.63, 3.8) is 0 Å². The van der Waals surface area contributed by atoms with Crippen molar-refractivity contribution in [1.29, 1.82) is 0 Å². The van der Waals surface area contributed by atoms with Gasteiger partial charge in [0.1, 0.15) is 0 Å². The number of rotatable bonds is 4. The minimum absolute atomic E-state index is 1.01. The average Bonchev–Trinajstić information content (AvgIpc) is 2.91. The van der Waals surface area contributed by atoms with E-state index < -0.39 is 0 Å². The molecule has 2 radical (unpaired) electrons. The Hall–Kier alpha value is -1.88. The van der Waals surface area contributed by atoms with Gasteiger partial charge < -0.3 is 9.80 Å². The van der Waals surface area contributed by atoms with Crippen LogP contribution in [0.25, 0.3) is 0 Å². The molecule has 0 saturated heterocycles. The third-order valence-corrected chi connectivity index (χ3v) is 2.19. The van der Waals surface area contributed by atoms with Crippen LogP contribution >= 0.6 is 0 Å². The second-order valence-electron chi connectivity index (χ2n) is 3.33. The summed E-state index contributed by atoms with van der Waals surface area (Å²) in [6, 6.07) is 0. The van der Waals surface area contributed by atoms with Gasteiger partial charge in [-0.25, -0.2) is 0 Å². The molecular weight excluding hydrogens is 184 g/mol. The lowest BCUT2D eigenvalue weighted by atomic mass is 10.4. The lowest BCUT2D eigenvalue weighted by Crippen LogP contribution is -2.24. The van der Waals surface area contributed by atoms with Gasteiger partial charge in [0.15, 0.2) is 0 Å². The largest absolute Gasteiger partial charge is 0.338 e. The van der Waals surface area contributed by atoms with Crippen molar-refractivity contribution < 1.29 is 0 Å². The van der Waals surface area contributed by atoms with Crippen molar-refractivity contribution in [2.45, 2.75) is 0 Å². The fourth-order valence-electron chi connectivity index (χ4n) is 1.39. The Morgan fingerprint density at radius 3 is 1.73 bits per heavy atom. The van der Waals surface area contributed by atoms with Crippen LogP contribution in [0.4, 0.5) is 0 Å². The van der Waals surface area contributed by atoms with Crippen molar-refractivity contribution >= 4 is 0 Å². The predicted octanol–water partition coefficient (Wildman–Crippen LogP) is 2.06. The summed E-state index contributed by atoms with van der Waals surface area (Å²) in [4.78, 5) is 3.81. The molecule has 0 heterocycles. The van der Waals surface area contributed by atoms with Gasteiger partial charge in [0.2, 0.25) is 6.67 Å². The van der Waals surface area contributed by atoms with Gasteiger partial charge in [-0.2, -0.15) is 0 Å². The Labute approximate surface area is 90.5 Å². The molecule has 2 nitrogen and oxygen atoms in total. The molecule has 2 aliphatic rings. The zero-order valence-electron chi connectivity index (χ0n) is 8.86. The molecule has 0 spiro atoms. The molecule has 0 aromatic rings. The molecule has 2 rings (SSSR count). The fraction of sp³-hybridized carbons (Fsp3) is 0.154. The Bertz CT molecular complexity index is 397. The number of likely N-dealkylation sites (N-methyl/N-ethyl adjacent to an activating group) is 2. The third-order valence-electron chi connectivity index (χ3n) is 2.19. The number of hydrogen-bond acceptors (Lipinski definition) is 2. The Morgan fingerprint density at radius 1 is 0.933 bits per heavy atom. The molecule has 0 unspecified atom stereocenters. The van der Waals surface area contributed by atoms with Crippen LogP contribution in [0.2, 0.25) is 0 Å². The number of nitrogens with zero attached hydrogens (tertiary/aromatic N) is 2. The standard InChI is InChI=1S/C13H12N2/c1-14(12-7-3-4-8-12)11-15(2)13-9-5-6-10-13/h3-7,9H,1-2H3. The first-order chi connectivity index (χ1) is 7.27. The monoisotopic (exact) mass is 196 g/mol. The van der Waals surface area contributed by atoms with Crippen molar-refractivity contribution in [3.8, 4) is 0 Å². The van der Waals surface area contributed by atoms with Crippen molar-refractivity contribution in [2.75, 3.05) is 14.1 Å².